The Morgan fingerprint density at radius 3 is 2.10 bits per heavy atom. The number of anilines is 1. The highest BCUT2D eigenvalue weighted by Crippen LogP contribution is 2.25. The van der Waals surface area contributed by atoms with E-state index in [9.17, 15) is 4.79 Å². The lowest BCUT2D eigenvalue weighted by molar-refractivity contribution is 0.101. The summed E-state index contributed by atoms with van der Waals surface area (Å²) in [4.78, 5) is 17.7. The van der Waals surface area contributed by atoms with Crippen LogP contribution in [0.4, 0.5) is 5.69 Å². The van der Waals surface area contributed by atoms with Gasteiger partial charge in [-0.2, -0.15) is 0 Å². The first kappa shape index (κ1) is 20.5. The molecule has 0 aliphatic heterocycles. The number of amides is 1. The summed E-state index contributed by atoms with van der Waals surface area (Å²) in [6, 6.07) is 20.2. The van der Waals surface area contributed by atoms with Crippen LogP contribution in [0.2, 0.25) is 0 Å². The van der Waals surface area contributed by atoms with E-state index in [1.54, 1.807) is 4.68 Å². The number of rotatable bonds is 4. The Hall–Kier alpha value is -3.73. The molecule has 0 bridgehead atoms. The molecule has 4 rings (SSSR count). The largest absolute Gasteiger partial charge is 0.319 e. The third kappa shape index (κ3) is 4.12. The van der Waals surface area contributed by atoms with E-state index in [2.05, 4.69) is 28.4 Å². The van der Waals surface area contributed by atoms with Crippen molar-refractivity contribution in [1.29, 1.82) is 0 Å². The van der Waals surface area contributed by atoms with Gasteiger partial charge in [0.1, 0.15) is 0 Å². The molecule has 31 heavy (non-hydrogen) atoms. The van der Waals surface area contributed by atoms with Gasteiger partial charge in [0.25, 0.3) is 5.91 Å². The second kappa shape index (κ2) is 8.19. The molecule has 5 heteroatoms. The number of carbonyl (C=O) groups excluding carboxylic acids is 1. The van der Waals surface area contributed by atoms with Gasteiger partial charge in [-0.3, -0.25) is 4.79 Å². The molecule has 1 heterocycles. The van der Waals surface area contributed by atoms with Crippen molar-refractivity contribution in [2.45, 2.75) is 34.6 Å². The minimum absolute atomic E-state index is 0.137. The molecule has 0 unspecified atom stereocenters. The molecule has 0 fully saturated rings. The van der Waals surface area contributed by atoms with Crippen molar-refractivity contribution in [3.63, 3.8) is 0 Å². The summed E-state index contributed by atoms with van der Waals surface area (Å²) >= 11 is 0. The van der Waals surface area contributed by atoms with Crippen LogP contribution in [0.3, 0.4) is 0 Å². The van der Waals surface area contributed by atoms with E-state index in [1.165, 1.54) is 5.56 Å². The van der Waals surface area contributed by atoms with E-state index in [0.717, 1.165) is 39.2 Å². The number of hydrogen-bond acceptors (Lipinski definition) is 3. The highest BCUT2D eigenvalue weighted by molar-refractivity contribution is 6.02. The van der Waals surface area contributed by atoms with Crippen LogP contribution in [-0.2, 0) is 0 Å². The van der Waals surface area contributed by atoms with Crippen molar-refractivity contribution >= 4 is 11.6 Å². The summed E-state index contributed by atoms with van der Waals surface area (Å²) in [7, 11) is 0. The normalized spacial score (nSPS) is 10.9. The minimum Gasteiger partial charge on any atom is -0.319 e. The van der Waals surface area contributed by atoms with Crippen LogP contribution in [-0.4, -0.2) is 20.7 Å². The Morgan fingerprint density at radius 2 is 1.45 bits per heavy atom. The molecule has 4 aromatic rings. The Kier molecular flexibility index (Phi) is 5.42. The Balaban J connectivity index is 1.81. The number of nitrogens with one attached hydrogen (secondary N) is 1. The predicted octanol–water partition coefficient (Wildman–Crippen LogP) is 5.73. The van der Waals surface area contributed by atoms with Crippen LogP contribution < -0.4 is 5.32 Å². The number of nitrogens with zero attached hydrogens (tertiary/aromatic N) is 3. The second-order valence-corrected chi connectivity index (χ2v) is 8.05. The van der Waals surface area contributed by atoms with E-state index in [1.807, 2.05) is 82.3 Å². The fourth-order valence-electron chi connectivity index (χ4n) is 3.69. The summed E-state index contributed by atoms with van der Waals surface area (Å²) in [5.41, 5.74) is 8.01. The zero-order valence-corrected chi connectivity index (χ0v) is 18.5. The number of aromatic nitrogens is 3. The number of benzene rings is 3. The van der Waals surface area contributed by atoms with Crippen LogP contribution in [0.1, 0.15) is 38.4 Å². The zero-order chi connectivity index (χ0) is 22.1. The highest BCUT2D eigenvalue weighted by Gasteiger charge is 2.20. The standard InChI is InChI=1S/C26H26N4O/c1-16-9-12-21(13-10-16)25-28-24(26(31)27-23-18(3)7-6-8-19(23)4)29-30(25)22-14-11-17(2)15-20(22)5/h6-15H,1-5H3,(H,27,31). The van der Waals surface area contributed by atoms with Gasteiger partial charge >= 0.3 is 0 Å². The second-order valence-electron chi connectivity index (χ2n) is 8.05. The molecule has 1 N–H and O–H groups in total. The van der Waals surface area contributed by atoms with E-state index >= 15 is 0 Å². The van der Waals surface area contributed by atoms with E-state index < -0.39 is 0 Å². The molecule has 1 amide bonds. The van der Waals surface area contributed by atoms with Crippen LogP contribution >= 0.6 is 0 Å². The molecule has 0 saturated heterocycles. The van der Waals surface area contributed by atoms with E-state index in [0.29, 0.717) is 5.82 Å². The van der Waals surface area contributed by atoms with E-state index in [4.69, 9.17) is 0 Å². The topological polar surface area (TPSA) is 59.8 Å². The molecule has 1 aromatic heterocycles. The van der Waals surface area contributed by atoms with Gasteiger partial charge in [-0.15, -0.1) is 5.10 Å². The lowest BCUT2D eigenvalue weighted by atomic mass is 10.1. The van der Waals surface area contributed by atoms with Gasteiger partial charge in [0.05, 0.1) is 5.69 Å². The molecule has 0 atom stereocenters. The Bertz CT molecular complexity index is 1250. The zero-order valence-electron chi connectivity index (χ0n) is 18.5. The Morgan fingerprint density at radius 1 is 0.806 bits per heavy atom. The monoisotopic (exact) mass is 410 g/mol. The lowest BCUT2D eigenvalue weighted by Crippen LogP contribution is -2.16. The maximum atomic E-state index is 13.1. The maximum Gasteiger partial charge on any atom is 0.295 e. The summed E-state index contributed by atoms with van der Waals surface area (Å²) in [6.07, 6.45) is 0. The van der Waals surface area contributed by atoms with Crippen molar-refractivity contribution in [1.82, 2.24) is 14.8 Å². The highest BCUT2D eigenvalue weighted by atomic mass is 16.2. The predicted molar refractivity (Wildman–Crippen MR) is 125 cm³/mol. The van der Waals surface area contributed by atoms with Gasteiger partial charge in [-0.05, 0) is 57.4 Å². The summed E-state index contributed by atoms with van der Waals surface area (Å²) in [5.74, 6) is 0.450. The third-order valence-electron chi connectivity index (χ3n) is 5.42. The molecule has 3 aromatic carbocycles. The van der Waals surface area contributed by atoms with Crippen LogP contribution in [0.15, 0.2) is 60.7 Å². The quantitative estimate of drug-likeness (QED) is 0.467. The minimum atomic E-state index is -0.325. The van der Waals surface area contributed by atoms with Gasteiger partial charge in [-0.1, -0.05) is 65.7 Å². The summed E-state index contributed by atoms with van der Waals surface area (Å²) < 4.78 is 1.76. The fourth-order valence-corrected chi connectivity index (χ4v) is 3.69. The van der Waals surface area contributed by atoms with Gasteiger partial charge in [0.15, 0.2) is 5.82 Å². The van der Waals surface area contributed by atoms with E-state index in [-0.39, 0.29) is 11.7 Å². The number of carbonyl (C=O) groups is 1. The first-order chi connectivity index (χ1) is 14.8. The van der Waals surface area contributed by atoms with Crippen molar-refractivity contribution in [3.05, 3.63) is 94.3 Å². The lowest BCUT2D eigenvalue weighted by Gasteiger charge is -2.10. The molecule has 0 spiro atoms. The van der Waals surface area contributed by atoms with Gasteiger partial charge in [0, 0.05) is 11.3 Å². The first-order valence-electron chi connectivity index (χ1n) is 10.3. The molecular weight excluding hydrogens is 384 g/mol. The molecule has 0 aliphatic carbocycles. The number of aryl methyl sites for hydroxylation is 5. The third-order valence-corrected chi connectivity index (χ3v) is 5.42. The van der Waals surface area contributed by atoms with Crippen molar-refractivity contribution < 1.29 is 4.79 Å². The smallest absolute Gasteiger partial charge is 0.295 e. The average Bonchev–Trinajstić information content (AvgIpc) is 3.16. The van der Waals surface area contributed by atoms with Crippen LogP contribution in [0.5, 0.6) is 0 Å². The van der Waals surface area contributed by atoms with Crippen LogP contribution in [0.25, 0.3) is 17.1 Å². The van der Waals surface area contributed by atoms with Gasteiger partial charge in [0.2, 0.25) is 5.82 Å². The average molecular weight is 411 g/mol. The van der Waals surface area contributed by atoms with Gasteiger partial charge in [-0.25, -0.2) is 9.67 Å². The molecule has 0 saturated carbocycles. The molecule has 0 aliphatic rings. The SMILES string of the molecule is Cc1ccc(-c2nc(C(=O)Nc3c(C)cccc3C)nn2-c2ccc(C)cc2C)cc1. The molecular formula is C26H26N4O. The molecule has 156 valence electrons. The van der Waals surface area contributed by atoms with Crippen LogP contribution in [0, 0.1) is 34.6 Å². The fraction of sp³-hybridized carbons (Fsp3) is 0.192. The number of hydrogen-bond donors (Lipinski definition) is 1. The maximum absolute atomic E-state index is 13.1. The van der Waals surface area contributed by atoms with Crippen molar-refractivity contribution in [3.8, 4) is 17.1 Å². The number of para-hydroxylation sites is 1. The van der Waals surface area contributed by atoms with Crippen molar-refractivity contribution in [2.24, 2.45) is 0 Å². The Labute approximate surface area is 182 Å². The molecule has 0 radical (unpaired) electrons. The van der Waals surface area contributed by atoms with Crippen molar-refractivity contribution in [2.75, 3.05) is 5.32 Å². The van der Waals surface area contributed by atoms with Gasteiger partial charge < -0.3 is 5.32 Å². The summed E-state index contributed by atoms with van der Waals surface area (Å²) in [5, 5.41) is 7.61. The molecule has 5 nitrogen and oxygen atoms in total. The first-order valence-corrected chi connectivity index (χ1v) is 10.3. The summed E-state index contributed by atoms with van der Waals surface area (Å²) in [6.45, 7) is 10.1.